The van der Waals surface area contributed by atoms with Gasteiger partial charge >= 0.3 is 6.09 Å². The number of hydrogen-bond donors (Lipinski definition) is 1. The standard InChI is InChI=1S/C14H28N2O3/c1-10(11(2)18-6)15-12-7-8-16(9-12)13(17)19-14(3,4)5/h10-12,15H,7-9H2,1-6H3. The summed E-state index contributed by atoms with van der Waals surface area (Å²) in [6.07, 6.45) is 0.903. The van der Waals surface area contributed by atoms with Crippen LogP contribution in [0.4, 0.5) is 4.79 Å². The number of hydrogen-bond acceptors (Lipinski definition) is 4. The van der Waals surface area contributed by atoms with Gasteiger partial charge in [-0.15, -0.1) is 0 Å². The predicted molar refractivity (Wildman–Crippen MR) is 75.3 cm³/mol. The third-order valence-corrected chi connectivity index (χ3v) is 3.41. The lowest BCUT2D eigenvalue weighted by molar-refractivity contribution is 0.0288. The third-order valence-electron chi connectivity index (χ3n) is 3.41. The Morgan fingerprint density at radius 1 is 1.37 bits per heavy atom. The second-order valence-corrected chi connectivity index (χ2v) is 6.31. The maximum absolute atomic E-state index is 11.9. The summed E-state index contributed by atoms with van der Waals surface area (Å²) < 4.78 is 10.7. The van der Waals surface area contributed by atoms with Gasteiger partial charge in [-0.2, -0.15) is 0 Å². The highest BCUT2D eigenvalue weighted by molar-refractivity contribution is 5.68. The van der Waals surface area contributed by atoms with E-state index < -0.39 is 5.60 Å². The zero-order chi connectivity index (χ0) is 14.6. The van der Waals surface area contributed by atoms with Crippen molar-refractivity contribution in [3.8, 4) is 0 Å². The van der Waals surface area contributed by atoms with Crippen LogP contribution >= 0.6 is 0 Å². The molecule has 5 heteroatoms. The van der Waals surface area contributed by atoms with E-state index >= 15 is 0 Å². The quantitative estimate of drug-likeness (QED) is 0.850. The molecule has 0 radical (unpaired) electrons. The fourth-order valence-electron chi connectivity index (χ4n) is 2.10. The van der Waals surface area contributed by atoms with Gasteiger partial charge in [0, 0.05) is 32.3 Å². The molecule has 3 unspecified atom stereocenters. The number of carbonyl (C=O) groups excluding carboxylic acids is 1. The molecule has 0 aliphatic carbocycles. The summed E-state index contributed by atoms with van der Waals surface area (Å²) in [7, 11) is 1.71. The van der Waals surface area contributed by atoms with Crippen LogP contribution in [0.25, 0.3) is 0 Å². The Balaban J connectivity index is 2.39. The van der Waals surface area contributed by atoms with E-state index in [1.165, 1.54) is 0 Å². The normalized spacial score (nSPS) is 23.3. The van der Waals surface area contributed by atoms with Crippen molar-refractivity contribution in [2.75, 3.05) is 20.2 Å². The number of amides is 1. The number of methoxy groups -OCH3 is 1. The third kappa shape index (κ3) is 5.37. The summed E-state index contributed by atoms with van der Waals surface area (Å²) in [5.41, 5.74) is -0.430. The molecule has 1 saturated heterocycles. The summed E-state index contributed by atoms with van der Waals surface area (Å²) in [6.45, 7) is 11.3. The minimum Gasteiger partial charge on any atom is -0.444 e. The minimum atomic E-state index is -0.430. The highest BCUT2D eigenvalue weighted by Gasteiger charge is 2.30. The molecule has 1 aliphatic rings. The van der Waals surface area contributed by atoms with Crippen molar-refractivity contribution in [2.45, 2.75) is 64.8 Å². The molecule has 1 aliphatic heterocycles. The van der Waals surface area contributed by atoms with E-state index in [-0.39, 0.29) is 18.2 Å². The van der Waals surface area contributed by atoms with E-state index in [1.807, 2.05) is 27.7 Å². The molecule has 19 heavy (non-hydrogen) atoms. The first-order chi connectivity index (χ1) is 8.73. The number of likely N-dealkylation sites (tertiary alicyclic amines) is 1. The smallest absolute Gasteiger partial charge is 0.410 e. The number of rotatable bonds is 4. The lowest BCUT2D eigenvalue weighted by Gasteiger charge is -2.26. The molecular formula is C14H28N2O3. The van der Waals surface area contributed by atoms with E-state index in [0.29, 0.717) is 12.6 Å². The first-order valence-corrected chi connectivity index (χ1v) is 6.99. The topological polar surface area (TPSA) is 50.8 Å². The Bertz CT molecular complexity index is 302. The van der Waals surface area contributed by atoms with Crippen molar-refractivity contribution in [1.82, 2.24) is 10.2 Å². The van der Waals surface area contributed by atoms with Crippen LogP contribution in [0.2, 0.25) is 0 Å². The van der Waals surface area contributed by atoms with Gasteiger partial charge in [0.05, 0.1) is 6.10 Å². The van der Waals surface area contributed by atoms with Gasteiger partial charge in [-0.1, -0.05) is 0 Å². The van der Waals surface area contributed by atoms with Crippen LogP contribution in [0.3, 0.4) is 0 Å². The van der Waals surface area contributed by atoms with Gasteiger partial charge in [-0.25, -0.2) is 4.79 Å². The van der Waals surface area contributed by atoms with Gasteiger partial charge in [0.1, 0.15) is 5.60 Å². The van der Waals surface area contributed by atoms with Crippen LogP contribution in [0.15, 0.2) is 0 Å². The van der Waals surface area contributed by atoms with E-state index in [2.05, 4.69) is 12.2 Å². The second kappa shape index (κ2) is 6.57. The molecule has 1 rings (SSSR count). The first kappa shape index (κ1) is 16.2. The fraction of sp³-hybridized carbons (Fsp3) is 0.929. The zero-order valence-corrected chi connectivity index (χ0v) is 13.0. The van der Waals surface area contributed by atoms with Gasteiger partial charge in [0.15, 0.2) is 0 Å². The Morgan fingerprint density at radius 2 is 2.00 bits per heavy atom. The molecule has 0 bridgehead atoms. The zero-order valence-electron chi connectivity index (χ0n) is 13.0. The van der Waals surface area contributed by atoms with E-state index in [4.69, 9.17) is 9.47 Å². The number of carbonyl (C=O) groups is 1. The first-order valence-electron chi connectivity index (χ1n) is 6.99. The highest BCUT2D eigenvalue weighted by atomic mass is 16.6. The molecule has 1 N–H and O–H groups in total. The average Bonchev–Trinajstić information content (AvgIpc) is 2.74. The van der Waals surface area contributed by atoms with Crippen molar-refractivity contribution in [2.24, 2.45) is 0 Å². The van der Waals surface area contributed by atoms with Gasteiger partial charge in [0.25, 0.3) is 0 Å². The second-order valence-electron chi connectivity index (χ2n) is 6.31. The molecule has 0 aromatic rings. The van der Waals surface area contributed by atoms with Crippen LogP contribution in [-0.2, 0) is 9.47 Å². The summed E-state index contributed by atoms with van der Waals surface area (Å²) in [4.78, 5) is 13.7. The fourth-order valence-corrected chi connectivity index (χ4v) is 2.10. The van der Waals surface area contributed by atoms with E-state index in [0.717, 1.165) is 13.0 Å². The average molecular weight is 272 g/mol. The highest BCUT2D eigenvalue weighted by Crippen LogP contribution is 2.16. The molecule has 1 fully saturated rings. The summed E-state index contributed by atoms with van der Waals surface area (Å²) >= 11 is 0. The molecule has 5 nitrogen and oxygen atoms in total. The van der Waals surface area contributed by atoms with Gasteiger partial charge in [0.2, 0.25) is 0 Å². The largest absolute Gasteiger partial charge is 0.444 e. The lowest BCUT2D eigenvalue weighted by Crippen LogP contribution is -2.45. The summed E-state index contributed by atoms with van der Waals surface area (Å²) in [6, 6.07) is 0.591. The van der Waals surface area contributed by atoms with Crippen molar-refractivity contribution >= 4 is 6.09 Å². The minimum absolute atomic E-state index is 0.163. The Kier molecular flexibility index (Phi) is 5.62. The molecule has 0 spiro atoms. The van der Waals surface area contributed by atoms with Crippen molar-refractivity contribution < 1.29 is 14.3 Å². The Labute approximate surface area is 116 Å². The van der Waals surface area contributed by atoms with Crippen molar-refractivity contribution in [1.29, 1.82) is 0 Å². The SMILES string of the molecule is COC(C)C(C)NC1CCN(C(=O)OC(C)(C)C)C1. The maximum Gasteiger partial charge on any atom is 0.410 e. The summed E-state index contributed by atoms with van der Waals surface area (Å²) in [5.74, 6) is 0. The van der Waals surface area contributed by atoms with Crippen LogP contribution in [0, 0.1) is 0 Å². The molecule has 0 aromatic heterocycles. The molecule has 1 amide bonds. The number of nitrogens with one attached hydrogen (secondary N) is 1. The Morgan fingerprint density at radius 3 is 2.53 bits per heavy atom. The van der Waals surface area contributed by atoms with E-state index in [9.17, 15) is 4.79 Å². The number of ether oxygens (including phenoxy) is 2. The molecular weight excluding hydrogens is 244 g/mol. The van der Waals surface area contributed by atoms with Crippen molar-refractivity contribution in [3.05, 3.63) is 0 Å². The van der Waals surface area contributed by atoms with Gasteiger partial charge in [-0.3, -0.25) is 0 Å². The summed E-state index contributed by atoms with van der Waals surface area (Å²) in [5, 5.41) is 3.50. The molecule has 1 heterocycles. The van der Waals surface area contributed by atoms with Gasteiger partial charge in [-0.05, 0) is 41.0 Å². The maximum atomic E-state index is 11.9. The van der Waals surface area contributed by atoms with E-state index in [1.54, 1.807) is 12.0 Å². The van der Waals surface area contributed by atoms with Crippen LogP contribution < -0.4 is 5.32 Å². The number of nitrogens with zero attached hydrogens (tertiary/aromatic N) is 1. The molecule has 0 aromatic carbocycles. The Hall–Kier alpha value is -0.810. The predicted octanol–water partition coefficient (Wildman–Crippen LogP) is 2.01. The van der Waals surface area contributed by atoms with Crippen LogP contribution in [0.1, 0.15) is 41.0 Å². The monoisotopic (exact) mass is 272 g/mol. The lowest BCUT2D eigenvalue weighted by atomic mass is 10.1. The van der Waals surface area contributed by atoms with Gasteiger partial charge < -0.3 is 19.7 Å². The molecule has 112 valence electrons. The van der Waals surface area contributed by atoms with Crippen molar-refractivity contribution in [3.63, 3.8) is 0 Å². The van der Waals surface area contributed by atoms with Crippen LogP contribution in [-0.4, -0.2) is 55.0 Å². The molecule has 3 atom stereocenters. The van der Waals surface area contributed by atoms with Crippen LogP contribution in [0.5, 0.6) is 0 Å². The molecule has 0 saturated carbocycles.